The number of alkyl halides is 3. The first kappa shape index (κ1) is 26.1. The molecule has 1 fully saturated rings. The van der Waals surface area contributed by atoms with Gasteiger partial charge in [0.25, 0.3) is 0 Å². The molecule has 3 aromatic rings. The minimum Gasteiger partial charge on any atom is -0.352 e. The lowest BCUT2D eigenvalue weighted by atomic mass is 10.0. The number of thioether (sulfide) groups is 1. The maximum absolute atomic E-state index is 14.6. The molecule has 0 aliphatic carbocycles. The fourth-order valence-corrected chi connectivity index (χ4v) is 7.73. The monoisotopic (exact) mass is 568 g/mol. The zero-order chi connectivity index (χ0) is 26.6. The van der Waals surface area contributed by atoms with Gasteiger partial charge in [-0.25, -0.2) is 4.79 Å². The van der Waals surface area contributed by atoms with Crippen molar-refractivity contribution in [1.82, 2.24) is 14.5 Å². The number of carbonyl (C=O) groups excluding carboxylic acids is 1. The SMILES string of the molecule is C=CC(=O)N1C(C)CN(c2nc(=O)n3c4c(c(-c5cc(Cl)cs5)c(C(F)(F)F)cc24)SCCC3)C[C@H]1C. The van der Waals surface area contributed by atoms with Crippen molar-refractivity contribution in [2.24, 2.45) is 0 Å². The second-order valence-electron chi connectivity index (χ2n) is 9.28. The van der Waals surface area contributed by atoms with Gasteiger partial charge in [0.1, 0.15) is 5.82 Å². The Kier molecular flexibility index (Phi) is 6.82. The molecule has 0 spiro atoms. The molecule has 0 bridgehead atoms. The molecule has 2 aliphatic rings. The summed E-state index contributed by atoms with van der Waals surface area (Å²) in [5, 5.41) is 2.25. The third-order valence-electron chi connectivity index (χ3n) is 6.74. The Bertz CT molecular complexity index is 1460. The number of thiophene rings is 1. The number of halogens is 4. The predicted octanol–water partition coefficient (Wildman–Crippen LogP) is 5.90. The van der Waals surface area contributed by atoms with Gasteiger partial charge in [-0.1, -0.05) is 18.2 Å². The Balaban J connectivity index is 1.79. The average molecular weight is 569 g/mol. The molecule has 12 heteroatoms. The number of hydrogen-bond acceptors (Lipinski definition) is 6. The van der Waals surface area contributed by atoms with Crippen molar-refractivity contribution in [3.8, 4) is 10.4 Å². The number of aryl methyl sites for hydroxylation is 1. The van der Waals surface area contributed by atoms with Gasteiger partial charge in [-0.2, -0.15) is 18.2 Å². The molecule has 37 heavy (non-hydrogen) atoms. The molecule has 6 nitrogen and oxygen atoms in total. The fraction of sp³-hybridized carbons (Fsp3) is 0.400. The Labute approximate surface area is 224 Å². The quantitative estimate of drug-likeness (QED) is 0.368. The van der Waals surface area contributed by atoms with Gasteiger partial charge >= 0.3 is 11.9 Å². The van der Waals surface area contributed by atoms with Gasteiger partial charge < -0.3 is 9.80 Å². The van der Waals surface area contributed by atoms with Crippen LogP contribution in [0.25, 0.3) is 21.3 Å². The second kappa shape index (κ2) is 9.67. The van der Waals surface area contributed by atoms with E-state index in [0.717, 1.165) is 17.4 Å². The van der Waals surface area contributed by atoms with E-state index >= 15 is 0 Å². The number of carbonyl (C=O) groups is 1. The van der Waals surface area contributed by atoms with Crippen LogP contribution in [-0.2, 0) is 17.5 Å². The number of benzene rings is 1. The maximum Gasteiger partial charge on any atom is 0.417 e. The Hall–Kier alpha value is -2.50. The third-order valence-corrected chi connectivity index (χ3v) is 9.21. The minimum atomic E-state index is -4.64. The number of rotatable bonds is 3. The molecule has 4 heterocycles. The van der Waals surface area contributed by atoms with Crippen LogP contribution in [0.3, 0.4) is 0 Å². The van der Waals surface area contributed by atoms with Crippen molar-refractivity contribution in [1.29, 1.82) is 0 Å². The highest BCUT2D eigenvalue weighted by Gasteiger charge is 2.39. The van der Waals surface area contributed by atoms with Crippen molar-refractivity contribution in [2.75, 3.05) is 23.7 Å². The summed E-state index contributed by atoms with van der Waals surface area (Å²) in [5.41, 5.74) is -0.754. The fourth-order valence-electron chi connectivity index (χ4n) is 5.33. The van der Waals surface area contributed by atoms with E-state index in [9.17, 15) is 22.8 Å². The number of nitrogens with zero attached hydrogens (tertiary/aromatic N) is 4. The molecular weight excluding hydrogens is 545 g/mol. The Morgan fingerprint density at radius 3 is 2.54 bits per heavy atom. The normalized spacial score (nSPS) is 20.3. The van der Waals surface area contributed by atoms with Gasteiger partial charge in [-0.05, 0) is 44.2 Å². The van der Waals surface area contributed by atoms with Gasteiger partial charge in [-0.15, -0.1) is 23.1 Å². The minimum absolute atomic E-state index is 0.0530. The summed E-state index contributed by atoms with van der Waals surface area (Å²) < 4.78 is 45.2. The van der Waals surface area contributed by atoms with E-state index in [4.69, 9.17) is 11.6 Å². The van der Waals surface area contributed by atoms with Crippen molar-refractivity contribution >= 4 is 57.3 Å². The van der Waals surface area contributed by atoms with Gasteiger partial charge in [0.05, 0.1) is 16.1 Å². The third kappa shape index (κ3) is 4.55. The van der Waals surface area contributed by atoms with Gasteiger partial charge in [0.2, 0.25) is 5.91 Å². The molecule has 196 valence electrons. The van der Waals surface area contributed by atoms with Crippen molar-refractivity contribution in [2.45, 2.75) is 50.0 Å². The predicted molar refractivity (Wildman–Crippen MR) is 143 cm³/mol. The van der Waals surface area contributed by atoms with Crippen LogP contribution >= 0.6 is 34.7 Å². The van der Waals surface area contributed by atoms with Crippen LogP contribution in [0.5, 0.6) is 0 Å². The largest absolute Gasteiger partial charge is 0.417 e. The van der Waals surface area contributed by atoms with Crippen LogP contribution in [0.1, 0.15) is 25.8 Å². The smallest absolute Gasteiger partial charge is 0.352 e. The summed E-state index contributed by atoms with van der Waals surface area (Å²) in [6, 6.07) is 2.15. The second-order valence-corrected chi connectivity index (χ2v) is 11.7. The number of amides is 1. The van der Waals surface area contributed by atoms with E-state index in [1.165, 1.54) is 28.5 Å². The van der Waals surface area contributed by atoms with E-state index < -0.39 is 17.4 Å². The molecule has 1 unspecified atom stereocenters. The standard InChI is InChI=1S/C25H24ClF3N4O2S2/c1-4-19(34)33-13(2)10-31(11-14(33)3)23-16-9-17(25(27,28)29)20(18-8-15(26)12-37-18)22-21(16)32(24(35)30-23)6-5-7-36-22/h4,8-9,12-14H,1,5-7,10-11H2,2-3H3/t13-,14?/m1/s1. The van der Waals surface area contributed by atoms with Crippen LogP contribution < -0.4 is 10.6 Å². The van der Waals surface area contributed by atoms with Crippen LogP contribution in [0.2, 0.25) is 5.02 Å². The van der Waals surface area contributed by atoms with E-state index in [2.05, 4.69) is 11.6 Å². The number of aromatic nitrogens is 2. The van der Waals surface area contributed by atoms with E-state index in [-0.39, 0.29) is 34.8 Å². The number of anilines is 1. The van der Waals surface area contributed by atoms with Crippen molar-refractivity contribution in [3.63, 3.8) is 0 Å². The van der Waals surface area contributed by atoms with Crippen LogP contribution in [0.15, 0.2) is 39.9 Å². The zero-order valence-electron chi connectivity index (χ0n) is 20.1. The van der Waals surface area contributed by atoms with E-state index in [1.807, 2.05) is 18.7 Å². The van der Waals surface area contributed by atoms with Gasteiger partial charge in [-0.3, -0.25) is 9.36 Å². The Morgan fingerprint density at radius 2 is 1.95 bits per heavy atom. The zero-order valence-corrected chi connectivity index (χ0v) is 22.5. The first-order valence-corrected chi connectivity index (χ1v) is 14.0. The summed E-state index contributed by atoms with van der Waals surface area (Å²) in [4.78, 5) is 34.3. The lowest BCUT2D eigenvalue weighted by Crippen LogP contribution is -2.58. The highest BCUT2D eigenvalue weighted by Crippen LogP contribution is 2.49. The lowest BCUT2D eigenvalue weighted by Gasteiger charge is -2.44. The molecule has 2 atom stereocenters. The molecule has 2 aliphatic heterocycles. The highest BCUT2D eigenvalue weighted by molar-refractivity contribution is 7.99. The lowest BCUT2D eigenvalue weighted by molar-refractivity contribution is -0.137. The first-order valence-electron chi connectivity index (χ1n) is 11.8. The summed E-state index contributed by atoms with van der Waals surface area (Å²) >= 11 is 8.58. The number of hydrogen-bond donors (Lipinski definition) is 0. The van der Waals surface area contributed by atoms with Crippen LogP contribution in [0.4, 0.5) is 19.0 Å². The number of piperazine rings is 1. The summed E-state index contributed by atoms with van der Waals surface area (Å²) in [7, 11) is 0. The first-order chi connectivity index (χ1) is 17.5. The molecule has 5 rings (SSSR count). The molecule has 0 saturated carbocycles. The summed E-state index contributed by atoms with van der Waals surface area (Å²) in [5.74, 6) is 0.566. The Morgan fingerprint density at radius 1 is 1.24 bits per heavy atom. The van der Waals surface area contributed by atoms with Crippen LogP contribution in [0, 0.1) is 0 Å². The molecule has 0 radical (unpaired) electrons. The molecule has 1 aromatic carbocycles. The molecule has 0 N–H and O–H groups in total. The summed E-state index contributed by atoms with van der Waals surface area (Å²) in [6.45, 7) is 8.31. The van der Waals surface area contributed by atoms with Gasteiger partial charge in [0, 0.05) is 57.8 Å². The van der Waals surface area contributed by atoms with Crippen LogP contribution in [-0.4, -0.2) is 51.3 Å². The topological polar surface area (TPSA) is 58.4 Å². The molecule has 2 aromatic heterocycles. The van der Waals surface area contributed by atoms with Crippen molar-refractivity contribution in [3.05, 3.63) is 51.2 Å². The molecule has 1 amide bonds. The molecule has 1 saturated heterocycles. The van der Waals surface area contributed by atoms with E-state index in [0.29, 0.717) is 52.1 Å². The average Bonchev–Trinajstić information content (AvgIpc) is 3.13. The molecular formula is C25H24ClF3N4O2S2. The van der Waals surface area contributed by atoms with E-state index in [1.54, 1.807) is 10.3 Å². The summed E-state index contributed by atoms with van der Waals surface area (Å²) in [6.07, 6.45) is -2.76. The highest BCUT2D eigenvalue weighted by atomic mass is 35.5. The maximum atomic E-state index is 14.6. The van der Waals surface area contributed by atoms with Gasteiger partial charge in [0.15, 0.2) is 0 Å². The van der Waals surface area contributed by atoms with Crippen molar-refractivity contribution < 1.29 is 18.0 Å².